The van der Waals surface area contributed by atoms with Crippen LogP contribution in [0.25, 0.3) is 22.4 Å². The van der Waals surface area contributed by atoms with Crippen LogP contribution in [0.1, 0.15) is 12.8 Å². The molecule has 3 heterocycles. The third-order valence-electron chi connectivity index (χ3n) is 3.90. The highest BCUT2D eigenvalue weighted by Gasteiger charge is 2.12. The van der Waals surface area contributed by atoms with Crippen LogP contribution in [0, 0.1) is 0 Å². The van der Waals surface area contributed by atoms with Crippen molar-refractivity contribution in [2.75, 3.05) is 18.0 Å². The Morgan fingerprint density at radius 3 is 2.60 bits per heavy atom. The molecule has 0 spiro atoms. The Balaban J connectivity index is 1.67. The quantitative estimate of drug-likeness (QED) is 0.773. The number of aromatic amines is 1. The van der Waals surface area contributed by atoms with Crippen LogP contribution in [0.15, 0.2) is 42.7 Å². The molecule has 20 heavy (non-hydrogen) atoms. The zero-order valence-corrected chi connectivity index (χ0v) is 11.2. The van der Waals surface area contributed by atoms with E-state index in [0.29, 0.717) is 0 Å². The van der Waals surface area contributed by atoms with Gasteiger partial charge >= 0.3 is 0 Å². The number of hydrogen-bond donors (Lipinski definition) is 1. The van der Waals surface area contributed by atoms with Crippen LogP contribution in [0.2, 0.25) is 0 Å². The molecule has 0 unspecified atom stereocenters. The Labute approximate surface area is 117 Å². The molecular formula is C16H16N4. The highest BCUT2D eigenvalue weighted by atomic mass is 15.1. The van der Waals surface area contributed by atoms with Gasteiger partial charge in [0.15, 0.2) is 5.65 Å². The molecule has 0 atom stereocenters. The molecule has 4 heteroatoms. The van der Waals surface area contributed by atoms with Gasteiger partial charge in [0, 0.05) is 30.5 Å². The molecule has 4 rings (SSSR count). The molecule has 3 aromatic rings. The fourth-order valence-electron chi connectivity index (χ4n) is 2.78. The van der Waals surface area contributed by atoms with Crippen LogP contribution < -0.4 is 4.90 Å². The van der Waals surface area contributed by atoms with E-state index in [4.69, 9.17) is 0 Å². The van der Waals surface area contributed by atoms with Crippen molar-refractivity contribution in [3.05, 3.63) is 42.7 Å². The average Bonchev–Trinajstić information content (AvgIpc) is 3.18. The lowest BCUT2D eigenvalue weighted by Crippen LogP contribution is -2.17. The van der Waals surface area contributed by atoms with E-state index < -0.39 is 0 Å². The fraction of sp³-hybridized carbons (Fsp3) is 0.250. The number of nitrogens with one attached hydrogen (secondary N) is 1. The molecule has 1 aromatic carbocycles. The van der Waals surface area contributed by atoms with Crippen molar-refractivity contribution in [3.63, 3.8) is 0 Å². The molecule has 4 nitrogen and oxygen atoms in total. The number of hydrogen-bond acceptors (Lipinski definition) is 3. The molecule has 0 radical (unpaired) electrons. The summed E-state index contributed by atoms with van der Waals surface area (Å²) in [5, 5.41) is 0. The molecular weight excluding hydrogens is 248 g/mol. The highest BCUT2D eigenvalue weighted by Crippen LogP contribution is 2.24. The van der Waals surface area contributed by atoms with Gasteiger partial charge in [0.05, 0.1) is 11.9 Å². The summed E-state index contributed by atoms with van der Waals surface area (Å²) in [6.07, 6.45) is 6.30. The Morgan fingerprint density at radius 2 is 1.80 bits per heavy atom. The van der Waals surface area contributed by atoms with Gasteiger partial charge in [0.2, 0.25) is 0 Å². The van der Waals surface area contributed by atoms with Gasteiger partial charge in [-0.3, -0.25) is 4.98 Å². The SMILES string of the molecule is c1cc2ncc(-c3ccc(N4CCCC4)cc3)nc2[nH]1. The second-order valence-electron chi connectivity index (χ2n) is 5.21. The first-order chi connectivity index (χ1) is 9.90. The maximum Gasteiger partial charge on any atom is 0.156 e. The van der Waals surface area contributed by atoms with Gasteiger partial charge in [-0.05, 0) is 31.0 Å². The minimum absolute atomic E-state index is 0.839. The third-order valence-corrected chi connectivity index (χ3v) is 3.90. The van der Waals surface area contributed by atoms with Gasteiger partial charge in [0.25, 0.3) is 0 Å². The predicted molar refractivity (Wildman–Crippen MR) is 80.8 cm³/mol. The molecule has 2 aromatic heterocycles. The number of H-pyrrole nitrogens is 1. The fourth-order valence-corrected chi connectivity index (χ4v) is 2.78. The summed E-state index contributed by atoms with van der Waals surface area (Å²) in [5.41, 5.74) is 5.07. The van der Waals surface area contributed by atoms with Crippen molar-refractivity contribution in [1.82, 2.24) is 15.0 Å². The first kappa shape index (κ1) is 11.5. The molecule has 1 saturated heterocycles. The average molecular weight is 264 g/mol. The second-order valence-corrected chi connectivity index (χ2v) is 5.21. The normalized spacial score (nSPS) is 15.1. The smallest absolute Gasteiger partial charge is 0.156 e. The van der Waals surface area contributed by atoms with Crippen molar-refractivity contribution in [2.24, 2.45) is 0 Å². The number of anilines is 1. The van der Waals surface area contributed by atoms with Crippen molar-refractivity contribution >= 4 is 16.9 Å². The molecule has 0 amide bonds. The van der Waals surface area contributed by atoms with E-state index in [-0.39, 0.29) is 0 Å². The first-order valence-electron chi connectivity index (χ1n) is 7.06. The minimum atomic E-state index is 0.839. The summed E-state index contributed by atoms with van der Waals surface area (Å²) in [6.45, 7) is 2.35. The van der Waals surface area contributed by atoms with Crippen molar-refractivity contribution in [1.29, 1.82) is 0 Å². The lowest BCUT2D eigenvalue weighted by Gasteiger charge is -2.17. The summed E-state index contributed by atoms with van der Waals surface area (Å²) in [5.74, 6) is 0. The van der Waals surface area contributed by atoms with Gasteiger partial charge in [0.1, 0.15) is 5.52 Å². The van der Waals surface area contributed by atoms with E-state index in [1.807, 2.05) is 18.5 Å². The van der Waals surface area contributed by atoms with Crippen LogP contribution >= 0.6 is 0 Å². The summed E-state index contributed by atoms with van der Waals surface area (Å²) < 4.78 is 0. The minimum Gasteiger partial charge on any atom is -0.372 e. The van der Waals surface area contributed by atoms with E-state index in [1.165, 1.54) is 31.6 Å². The van der Waals surface area contributed by atoms with E-state index in [0.717, 1.165) is 22.4 Å². The van der Waals surface area contributed by atoms with Gasteiger partial charge in [-0.25, -0.2) is 4.98 Å². The van der Waals surface area contributed by atoms with Crippen molar-refractivity contribution < 1.29 is 0 Å². The predicted octanol–water partition coefficient (Wildman–Crippen LogP) is 3.23. The van der Waals surface area contributed by atoms with E-state index >= 15 is 0 Å². The topological polar surface area (TPSA) is 44.8 Å². The molecule has 100 valence electrons. The maximum absolute atomic E-state index is 4.60. The third kappa shape index (κ3) is 1.93. The summed E-state index contributed by atoms with van der Waals surface area (Å²) in [4.78, 5) is 14.6. The second kappa shape index (κ2) is 4.63. The first-order valence-corrected chi connectivity index (χ1v) is 7.06. The van der Waals surface area contributed by atoms with Gasteiger partial charge in [-0.15, -0.1) is 0 Å². The molecule has 0 aliphatic carbocycles. The number of aromatic nitrogens is 3. The van der Waals surface area contributed by atoms with Crippen LogP contribution in [0.3, 0.4) is 0 Å². The van der Waals surface area contributed by atoms with Crippen LogP contribution in [0.4, 0.5) is 5.69 Å². The van der Waals surface area contributed by atoms with Crippen LogP contribution in [0.5, 0.6) is 0 Å². The van der Waals surface area contributed by atoms with E-state index in [9.17, 15) is 0 Å². The number of rotatable bonds is 2. The van der Waals surface area contributed by atoms with Gasteiger partial charge in [-0.1, -0.05) is 12.1 Å². The highest BCUT2D eigenvalue weighted by molar-refractivity contribution is 5.74. The zero-order valence-electron chi connectivity index (χ0n) is 11.2. The molecule has 1 aliphatic rings. The Bertz CT molecular complexity index is 724. The molecule has 1 aliphatic heterocycles. The Morgan fingerprint density at radius 1 is 1.00 bits per heavy atom. The summed E-state index contributed by atoms with van der Waals surface area (Å²) in [6, 6.07) is 10.6. The van der Waals surface area contributed by atoms with E-state index in [2.05, 4.69) is 44.1 Å². The maximum atomic E-state index is 4.60. The number of nitrogens with zero attached hydrogens (tertiary/aromatic N) is 3. The van der Waals surface area contributed by atoms with Crippen LogP contribution in [-0.2, 0) is 0 Å². The summed E-state index contributed by atoms with van der Waals surface area (Å²) >= 11 is 0. The molecule has 1 N–H and O–H groups in total. The van der Waals surface area contributed by atoms with Crippen molar-refractivity contribution in [3.8, 4) is 11.3 Å². The van der Waals surface area contributed by atoms with Crippen LogP contribution in [-0.4, -0.2) is 28.0 Å². The largest absolute Gasteiger partial charge is 0.372 e. The standard InChI is InChI=1S/C16H16N4/c1-2-10-20(9-1)13-5-3-12(4-6-13)15-11-18-14-7-8-17-16(14)19-15/h3-8,11H,1-2,9-10H2,(H,17,19). The summed E-state index contributed by atoms with van der Waals surface area (Å²) in [7, 11) is 0. The zero-order chi connectivity index (χ0) is 13.4. The molecule has 0 saturated carbocycles. The Hall–Kier alpha value is -2.36. The van der Waals surface area contributed by atoms with Gasteiger partial charge in [-0.2, -0.15) is 0 Å². The monoisotopic (exact) mass is 264 g/mol. The lowest BCUT2D eigenvalue weighted by molar-refractivity contribution is 0.949. The van der Waals surface area contributed by atoms with Gasteiger partial charge < -0.3 is 9.88 Å². The number of benzene rings is 1. The number of fused-ring (bicyclic) bond motifs is 1. The Kier molecular flexibility index (Phi) is 2.66. The molecule has 1 fully saturated rings. The molecule has 0 bridgehead atoms. The van der Waals surface area contributed by atoms with Crippen molar-refractivity contribution in [2.45, 2.75) is 12.8 Å². The lowest BCUT2D eigenvalue weighted by atomic mass is 10.1. The van der Waals surface area contributed by atoms with E-state index in [1.54, 1.807) is 0 Å².